The topological polar surface area (TPSA) is 70.1 Å². The van der Waals surface area contributed by atoms with Crippen LogP contribution in [-0.2, 0) is 23.6 Å². The highest BCUT2D eigenvalue weighted by Gasteiger charge is 2.17. The smallest absolute Gasteiger partial charge is 0.488 e. The van der Waals surface area contributed by atoms with Crippen LogP contribution in [0.1, 0.15) is 11.1 Å². The summed E-state index contributed by atoms with van der Waals surface area (Å²) in [5.41, 5.74) is 2.10. The Morgan fingerprint density at radius 3 is 2.04 bits per heavy atom. The maximum absolute atomic E-state index is 12.5. The first-order chi connectivity index (χ1) is 12.4. The van der Waals surface area contributed by atoms with Gasteiger partial charge in [-0.15, -0.1) is 0 Å². The van der Waals surface area contributed by atoms with Crippen molar-refractivity contribution in [2.45, 2.75) is 13.1 Å². The van der Waals surface area contributed by atoms with Crippen molar-refractivity contribution in [3.63, 3.8) is 0 Å². The molecule has 0 bridgehead atoms. The monoisotopic (exact) mass is 380 g/mol. The Hall–Kier alpha value is -2.16. The van der Waals surface area contributed by atoms with Crippen LogP contribution in [0, 0.1) is 0 Å². The molecule has 1 saturated heterocycles. The van der Waals surface area contributed by atoms with Gasteiger partial charge in [-0.25, -0.2) is 0 Å². The highest BCUT2D eigenvalue weighted by Crippen LogP contribution is 2.18. The number of aromatic hydroxyl groups is 1. The van der Waals surface area contributed by atoms with E-state index in [9.17, 15) is 17.4 Å². The largest absolute Gasteiger partial charge is 0.508 e. The summed E-state index contributed by atoms with van der Waals surface area (Å²) in [6.45, 7) is 5.23. The van der Waals surface area contributed by atoms with Gasteiger partial charge >= 0.3 is 10.5 Å². The molecule has 0 saturated carbocycles. The first kappa shape index (κ1) is 18.6. The number of benzene rings is 2. The fourth-order valence-electron chi connectivity index (χ4n) is 3.04. The highest BCUT2D eigenvalue weighted by atomic mass is 32.3. The fourth-order valence-corrected chi connectivity index (χ4v) is 3.38. The van der Waals surface area contributed by atoms with E-state index in [4.69, 9.17) is 0 Å². The fraction of sp³-hybridized carbons (Fsp3) is 0.333. The van der Waals surface area contributed by atoms with Crippen LogP contribution < -0.4 is 4.18 Å². The summed E-state index contributed by atoms with van der Waals surface area (Å²) in [7, 11) is -4.98. The van der Waals surface area contributed by atoms with Crippen molar-refractivity contribution in [2.75, 3.05) is 26.2 Å². The van der Waals surface area contributed by atoms with E-state index in [-0.39, 0.29) is 11.5 Å². The molecule has 6 nitrogen and oxygen atoms in total. The molecular formula is C18H21FN2O4S. The second kappa shape index (κ2) is 8.03. The molecular weight excluding hydrogens is 359 g/mol. The lowest BCUT2D eigenvalue weighted by molar-refractivity contribution is 0.122. The van der Waals surface area contributed by atoms with E-state index < -0.39 is 10.5 Å². The van der Waals surface area contributed by atoms with Crippen molar-refractivity contribution in [3.8, 4) is 11.5 Å². The van der Waals surface area contributed by atoms with E-state index in [1.165, 1.54) is 12.1 Å². The predicted octanol–water partition coefficient (Wildman–Crippen LogP) is 2.30. The first-order valence-corrected chi connectivity index (χ1v) is 9.64. The van der Waals surface area contributed by atoms with E-state index in [2.05, 4.69) is 14.0 Å². The quantitative estimate of drug-likeness (QED) is 0.776. The molecule has 0 amide bonds. The zero-order chi connectivity index (χ0) is 18.6. The molecule has 2 aromatic rings. The molecule has 0 radical (unpaired) electrons. The lowest BCUT2D eigenvalue weighted by atomic mass is 10.1. The maximum Gasteiger partial charge on any atom is 0.488 e. The Labute approximate surface area is 152 Å². The number of hydrogen-bond donors (Lipinski definition) is 1. The van der Waals surface area contributed by atoms with Gasteiger partial charge in [-0.1, -0.05) is 28.2 Å². The minimum Gasteiger partial charge on any atom is -0.508 e. The van der Waals surface area contributed by atoms with E-state index in [0.717, 1.165) is 50.4 Å². The van der Waals surface area contributed by atoms with Crippen LogP contribution in [0.15, 0.2) is 48.5 Å². The SMILES string of the molecule is O=S(=O)(F)Oc1ccc(CN2CCN(Cc3cccc(O)c3)CC2)cc1. The number of rotatable bonds is 6. The third-order valence-corrected chi connectivity index (χ3v) is 4.70. The summed E-state index contributed by atoms with van der Waals surface area (Å²) in [6, 6.07) is 13.7. The number of phenolic OH excluding ortho intramolecular Hbond substituents is 1. The Morgan fingerprint density at radius 1 is 0.923 bits per heavy atom. The maximum atomic E-state index is 12.5. The van der Waals surface area contributed by atoms with Crippen LogP contribution in [0.4, 0.5) is 3.89 Å². The third kappa shape index (κ3) is 5.69. The molecule has 1 aliphatic rings. The summed E-state index contributed by atoms with van der Waals surface area (Å²) < 4.78 is 37.6. The van der Waals surface area contributed by atoms with Crippen LogP contribution in [0.5, 0.6) is 11.5 Å². The summed E-state index contributed by atoms with van der Waals surface area (Å²) >= 11 is 0. The average Bonchev–Trinajstić information content (AvgIpc) is 2.57. The third-order valence-electron chi connectivity index (χ3n) is 4.31. The Morgan fingerprint density at radius 2 is 1.50 bits per heavy atom. The van der Waals surface area contributed by atoms with Gasteiger partial charge in [-0.05, 0) is 35.4 Å². The van der Waals surface area contributed by atoms with Crippen LogP contribution in [0.25, 0.3) is 0 Å². The van der Waals surface area contributed by atoms with Crippen LogP contribution in [0.2, 0.25) is 0 Å². The summed E-state index contributed by atoms with van der Waals surface area (Å²) in [5.74, 6) is 0.251. The molecule has 140 valence electrons. The lowest BCUT2D eigenvalue weighted by Gasteiger charge is -2.34. The van der Waals surface area contributed by atoms with Crippen LogP contribution in [-0.4, -0.2) is 49.5 Å². The molecule has 0 aromatic heterocycles. The molecule has 1 fully saturated rings. The van der Waals surface area contributed by atoms with Crippen molar-refractivity contribution in [1.82, 2.24) is 9.80 Å². The van der Waals surface area contributed by atoms with Gasteiger partial charge in [0, 0.05) is 39.3 Å². The van der Waals surface area contributed by atoms with Gasteiger partial charge in [0.2, 0.25) is 0 Å². The molecule has 2 aromatic carbocycles. The standard InChI is InChI=1S/C18H21FN2O4S/c19-26(23,24)25-18-6-4-15(5-7-18)13-20-8-10-21(11-9-20)14-16-2-1-3-17(22)12-16/h1-7,12,22H,8-11,13-14H2. The van der Waals surface area contributed by atoms with Gasteiger partial charge in [-0.2, -0.15) is 8.42 Å². The molecule has 26 heavy (non-hydrogen) atoms. The average molecular weight is 380 g/mol. The van der Waals surface area contributed by atoms with Gasteiger partial charge in [0.1, 0.15) is 11.5 Å². The second-order valence-electron chi connectivity index (χ2n) is 6.34. The van der Waals surface area contributed by atoms with Gasteiger partial charge in [0.05, 0.1) is 0 Å². The molecule has 1 aliphatic heterocycles. The van der Waals surface area contributed by atoms with Gasteiger partial charge in [-0.3, -0.25) is 9.80 Å². The van der Waals surface area contributed by atoms with E-state index in [0.29, 0.717) is 0 Å². The minimum absolute atomic E-state index is 0.0350. The van der Waals surface area contributed by atoms with Crippen molar-refractivity contribution in [2.24, 2.45) is 0 Å². The van der Waals surface area contributed by atoms with Crippen molar-refractivity contribution in [3.05, 3.63) is 59.7 Å². The Balaban J connectivity index is 1.48. The van der Waals surface area contributed by atoms with E-state index in [1.54, 1.807) is 24.3 Å². The Kier molecular flexibility index (Phi) is 5.75. The van der Waals surface area contributed by atoms with Gasteiger partial charge in [0.25, 0.3) is 0 Å². The summed E-state index contributed by atoms with van der Waals surface area (Å²) in [6.07, 6.45) is 0. The van der Waals surface area contributed by atoms with Crippen molar-refractivity contribution < 1.29 is 21.6 Å². The molecule has 0 atom stereocenters. The Bertz CT molecular complexity index is 835. The lowest BCUT2D eigenvalue weighted by Crippen LogP contribution is -2.45. The highest BCUT2D eigenvalue weighted by molar-refractivity contribution is 7.81. The van der Waals surface area contributed by atoms with Gasteiger partial charge in [0.15, 0.2) is 0 Å². The summed E-state index contributed by atoms with van der Waals surface area (Å²) in [5, 5.41) is 9.54. The summed E-state index contributed by atoms with van der Waals surface area (Å²) in [4.78, 5) is 4.65. The minimum atomic E-state index is -4.98. The second-order valence-corrected chi connectivity index (χ2v) is 7.30. The molecule has 0 aliphatic carbocycles. The number of phenols is 1. The van der Waals surface area contributed by atoms with Gasteiger partial charge < -0.3 is 9.29 Å². The molecule has 1 heterocycles. The van der Waals surface area contributed by atoms with Crippen molar-refractivity contribution in [1.29, 1.82) is 0 Å². The molecule has 1 N–H and O–H groups in total. The number of nitrogens with zero attached hydrogens (tertiary/aromatic N) is 2. The van der Waals surface area contributed by atoms with E-state index in [1.807, 2.05) is 12.1 Å². The number of halogens is 1. The van der Waals surface area contributed by atoms with E-state index >= 15 is 0 Å². The van der Waals surface area contributed by atoms with Crippen LogP contribution >= 0.6 is 0 Å². The number of hydrogen-bond acceptors (Lipinski definition) is 6. The van der Waals surface area contributed by atoms with Crippen LogP contribution in [0.3, 0.4) is 0 Å². The molecule has 8 heteroatoms. The molecule has 3 rings (SSSR count). The number of piperazine rings is 1. The zero-order valence-corrected chi connectivity index (χ0v) is 15.0. The molecule has 0 unspecified atom stereocenters. The van der Waals surface area contributed by atoms with Crippen molar-refractivity contribution >= 4 is 10.5 Å². The molecule has 0 spiro atoms. The first-order valence-electron chi connectivity index (χ1n) is 8.33. The predicted molar refractivity (Wildman–Crippen MR) is 95.8 cm³/mol. The zero-order valence-electron chi connectivity index (χ0n) is 14.2. The normalized spacial score (nSPS) is 16.5.